The number of hydrogen-bond acceptors (Lipinski definition) is 3. The number of nitrogens with zero attached hydrogens (tertiary/aromatic N) is 2. The summed E-state index contributed by atoms with van der Waals surface area (Å²) in [6.45, 7) is 0. The molecule has 112 valence electrons. The van der Waals surface area contributed by atoms with Crippen LogP contribution in [0.2, 0.25) is 0 Å². The van der Waals surface area contributed by atoms with E-state index in [0.29, 0.717) is 0 Å². The summed E-state index contributed by atoms with van der Waals surface area (Å²) < 4.78 is 0. The molecule has 0 spiro atoms. The van der Waals surface area contributed by atoms with Crippen LogP contribution in [-0.4, -0.2) is 12.0 Å². The summed E-state index contributed by atoms with van der Waals surface area (Å²) in [6, 6.07) is 18.8. The van der Waals surface area contributed by atoms with E-state index in [1.54, 1.807) is 11.8 Å². The molecule has 4 rings (SSSR count). The van der Waals surface area contributed by atoms with E-state index in [1.165, 1.54) is 26.6 Å². The molecule has 2 heterocycles. The fraction of sp³-hybridized carbons (Fsp3) is 0.0500. The predicted molar refractivity (Wildman–Crippen MR) is 99.6 cm³/mol. The average molecular weight is 316 g/mol. The third-order valence-electron chi connectivity index (χ3n) is 3.97. The zero-order valence-electron chi connectivity index (χ0n) is 12.8. The van der Waals surface area contributed by atoms with Gasteiger partial charge < -0.3 is 4.90 Å². The molecule has 0 N–H and O–H groups in total. The predicted octanol–water partition coefficient (Wildman–Crippen LogP) is 5.33. The van der Waals surface area contributed by atoms with Gasteiger partial charge in [-0.15, -0.1) is 0 Å². The maximum absolute atomic E-state index is 4.40. The molecule has 0 saturated heterocycles. The molecule has 0 amide bonds. The second-order valence-corrected chi connectivity index (χ2v) is 6.47. The van der Waals surface area contributed by atoms with Crippen molar-refractivity contribution < 1.29 is 0 Å². The van der Waals surface area contributed by atoms with E-state index in [0.717, 1.165) is 5.52 Å². The van der Waals surface area contributed by atoms with Crippen molar-refractivity contribution in [1.29, 1.82) is 0 Å². The lowest BCUT2D eigenvalue weighted by Gasteiger charge is -2.12. The number of anilines is 1. The van der Waals surface area contributed by atoms with Crippen molar-refractivity contribution in [3.8, 4) is 0 Å². The lowest BCUT2D eigenvalue weighted by molar-refractivity contribution is 1.17. The molecule has 1 aromatic heterocycles. The number of thioether (sulfide) groups is 1. The smallest absolute Gasteiger partial charge is 0.0798 e. The maximum Gasteiger partial charge on any atom is 0.0798 e. The summed E-state index contributed by atoms with van der Waals surface area (Å²) in [6.07, 6.45) is 8.29. The molecular formula is C20H16N2S. The maximum atomic E-state index is 4.40. The Hall–Kier alpha value is -2.52. The first-order valence-corrected chi connectivity index (χ1v) is 8.37. The molecule has 0 aliphatic carbocycles. The van der Waals surface area contributed by atoms with Crippen LogP contribution in [0.5, 0.6) is 0 Å². The first kappa shape index (κ1) is 14.1. The minimum Gasteiger partial charge on any atom is -0.338 e. The molecule has 3 aromatic rings. The van der Waals surface area contributed by atoms with Crippen LogP contribution < -0.4 is 4.90 Å². The highest BCUT2D eigenvalue weighted by Gasteiger charge is 2.20. The monoisotopic (exact) mass is 316 g/mol. The average Bonchev–Trinajstić information content (AvgIpc) is 2.92. The minimum atomic E-state index is 1.03. The standard InChI is InChI=1S/C20H16N2S/c1-22-18-10-4-5-11-19(18)23-20(22)12-6-7-15-13-14-21-17-9-3-2-8-16(15)17/h2-14H,1H3. The van der Waals surface area contributed by atoms with Gasteiger partial charge in [0, 0.05) is 23.5 Å². The van der Waals surface area contributed by atoms with Gasteiger partial charge in [-0.25, -0.2) is 0 Å². The summed E-state index contributed by atoms with van der Waals surface area (Å²) in [4.78, 5) is 7.95. The molecule has 0 radical (unpaired) electrons. The largest absolute Gasteiger partial charge is 0.338 e. The fourth-order valence-electron chi connectivity index (χ4n) is 2.76. The van der Waals surface area contributed by atoms with E-state index in [-0.39, 0.29) is 0 Å². The Morgan fingerprint density at radius 2 is 1.83 bits per heavy atom. The van der Waals surface area contributed by atoms with Gasteiger partial charge in [0.2, 0.25) is 0 Å². The first-order valence-electron chi connectivity index (χ1n) is 7.56. The number of allylic oxidation sites excluding steroid dienone is 2. The molecule has 2 aromatic carbocycles. The Morgan fingerprint density at radius 3 is 2.74 bits per heavy atom. The number of fused-ring (bicyclic) bond motifs is 2. The van der Waals surface area contributed by atoms with E-state index in [9.17, 15) is 0 Å². The van der Waals surface area contributed by atoms with Gasteiger partial charge in [0.1, 0.15) is 0 Å². The zero-order valence-corrected chi connectivity index (χ0v) is 13.6. The van der Waals surface area contributed by atoms with Crippen LogP contribution in [-0.2, 0) is 0 Å². The normalized spacial score (nSPS) is 15.7. The number of rotatable bonds is 2. The third kappa shape index (κ3) is 2.64. The molecule has 1 aliphatic heterocycles. The van der Waals surface area contributed by atoms with Gasteiger partial charge >= 0.3 is 0 Å². The Kier molecular flexibility index (Phi) is 3.64. The van der Waals surface area contributed by atoms with Gasteiger partial charge in [0.15, 0.2) is 0 Å². The van der Waals surface area contributed by atoms with Gasteiger partial charge in [-0.1, -0.05) is 54.2 Å². The molecular weight excluding hydrogens is 300 g/mol. The van der Waals surface area contributed by atoms with Crippen molar-refractivity contribution in [2.24, 2.45) is 0 Å². The lowest BCUT2D eigenvalue weighted by Crippen LogP contribution is -2.08. The number of para-hydroxylation sites is 2. The van der Waals surface area contributed by atoms with Crippen molar-refractivity contribution in [2.75, 3.05) is 11.9 Å². The van der Waals surface area contributed by atoms with Crippen LogP contribution in [0.3, 0.4) is 0 Å². The zero-order chi connectivity index (χ0) is 15.6. The Bertz CT molecular complexity index is 922. The van der Waals surface area contributed by atoms with E-state index in [1.807, 2.05) is 18.3 Å². The van der Waals surface area contributed by atoms with Gasteiger partial charge in [-0.05, 0) is 35.9 Å². The van der Waals surface area contributed by atoms with Crippen LogP contribution in [0.1, 0.15) is 5.56 Å². The molecule has 2 nitrogen and oxygen atoms in total. The van der Waals surface area contributed by atoms with Gasteiger partial charge in [0.05, 0.1) is 16.2 Å². The van der Waals surface area contributed by atoms with Crippen molar-refractivity contribution in [3.63, 3.8) is 0 Å². The second kappa shape index (κ2) is 5.94. The van der Waals surface area contributed by atoms with E-state index >= 15 is 0 Å². The third-order valence-corrected chi connectivity index (χ3v) is 5.15. The van der Waals surface area contributed by atoms with Crippen LogP contribution in [0.4, 0.5) is 5.69 Å². The summed E-state index contributed by atoms with van der Waals surface area (Å²) >= 11 is 1.81. The molecule has 23 heavy (non-hydrogen) atoms. The summed E-state index contributed by atoms with van der Waals surface area (Å²) in [7, 11) is 2.11. The lowest BCUT2D eigenvalue weighted by atomic mass is 10.1. The van der Waals surface area contributed by atoms with Gasteiger partial charge in [-0.2, -0.15) is 0 Å². The van der Waals surface area contributed by atoms with E-state index in [4.69, 9.17) is 0 Å². The molecule has 3 heteroatoms. The number of pyridine rings is 1. The minimum absolute atomic E-state index is 1.03. The molecule has 0 bridgehead atoms. The molecule has 0 fully saturated rings. The topological polar surface area (TPSA) is 16.1 Å². The summed E-state index contributed by atoms with van der Waals surface area (Å²) in [5.74, 6) is 0. The molecule has 0 atom stereocenters. The van der Waals surface area contributed by atoms with Crippen LogP contribution in [0.15, 0.2) is 82.9 Å². The molecule has 0 unspecified atom stereocenters. The van der Waals surface area contributed by atoms with E-state index < -0.39 is 0 Å². The summed E-state index contributed by atoms with van der Waals surface area (Å²) in [5, 5.41) is 2.42. The van der Waals surface area contributed by atoms with Crippen molar-refractivity contribution >= 4 is 34.4 Å². The van der Waals surface area contributed by atoms with Gasteiger partial charge in [-0.3, -0.25) is 4.98 Å². The number of hydrogen-bond donors (Lipinski definition) is 0. The Balaban J connectivity index is 1.63. The number of benzene rings is 2. The summed E-state index contributed by atoms with van der Waals surface area (Å²) in [5.41, 5.74) is 3.49. The number of aromatic nitrogens is 1. The Morgan fingerprint density at radius 1 is 1.00 bits per heavy atom. The fourth-order valence-corrected chi connectivity index (χ4v) is 3.83. The van der Waals surface area contributed by atoms with Gasteiger partial charge in [0.25, 0.3) is 0 Å². The van der Waals surface area contributed by atoms with Crippen LogP contribution >= 0.6 is 11.8 Å². The highest BCUT2D eigenvalue weighted by atomic mass is 32.2. The highest BCUT2D eigenvalue weighted by Crippen LogP contribution is 2.44. The SMILES string of the molecule is CN1C(=CC=Cc2ccnc3ccccc23)Sc2ccccc21. The molecule has 1 aliphatic rings. The highest BCUT2D eigenvalue weighted by molar-refractivity contribution is 8.03. The van der Waals surface area contributed by atoms with Crippen LogP contribution in [0, 0.1) is 0 Å². The molecule has 0 saturated carbocycles. The van der Waals surface area contributed by atoms with Crippen molar-refractivity contribution in [1.82, 2.24) is 4.98 Å². The Labute approximate surface area is 140 Å². The first-order chi connectivity index (χ1) is 11.3. The van der Waals surface area contributed by atoms with Crippen molar-refractivity contribution in [2.45, 2.75) is 4.90 Å². The quantitative estimate of drug-likeness (QED) is 0.635. The van der Waals surface area contributed by atoms with E-state index in [2.05, 4.69) is 77.6 Å². The second-order valence-electron chi connectivity index (χ2n) is 5.41. The van der Waals surface area contributed by atoms with Crippen LogP contribution in [0.25, 0.3) is 17.0 Å². The van der Waals surface area contributed by atoms with Crippen molar-refractivity contribution in [3.05, 3.63) is 83.5 Å².